The Morgan fingerprint density at radius 1 is 1.12 bits per heavy atom. The average Bonchev–Trinajstić information content (AvgIpc) is 2.70. The highest BCUT2D eigenvalue weighted by Crippen LogP contribution is 2.22. The third kappa shape index (κ3) is 3.97. The van der Waals surface area contributed by atoms with Crippen LogP contribution in [0.1, 0.15) is 17.4 Å². The molecule has 1 N–H and O–H groups in total. The zero-order valence-electron chi connectivity index (χ0n) is 14.7. The smallest absolute Gasteiger partial charge is 0.274 e. The Labute approximate surface area is 152 Å². The van der Waals surface area contributed by atoms with E-state index < -0.39 is 0 Å². The number of carbonyl (C=O) groups excluding carboxylic acids is 1. The maximum Gasteiger partial charge on any atom is 0.274 e. The molecule has 0 saturated carbocycles. The van der Waals surface area contributed by atoms with Gasteiger partial charge in [-0.3, -0.25) is 4.79 Å². The average molecular weight is 348 g/mol. The first-order chi connectivity index (χ1) is 12.7. The number of anilines is 3. The fourth-order valence-electron chi connectivity index (χ4n) is 2.55. The summed E-state index contributed by atoms with van der Waals surface area (Å²) in [7, 11) is 1.58. The molecule has 6 heteroatoms. The Kier molecular flexibility index (Phi) is 5.43. The second kappa shape index (κ2) is 8.11. The van der Waals surface area contributed by atoms with Crippen LogP contribution in [-0.2, 0) is 0 Å². The predicted octanol–water partition coefficient (Wildman–Crippen LogP) is 3.90. The molecule has 0 unspecified atom stereocenters. The van der Waals surface area contributed by atoms with Crippen LogP contribution in [0.5, 0.6) is 5.75 Å². The number of amides is 1. The molecule has 0 saturated heterocycles. The van der Waals surface area contributed by atoms with E-state index in [9.17, 15) is 4.79 Å². The lowest BCUT2D eigenvalue weighted by atomic mass is 10.3. The van der Waals surface area contributed by atoms with Crippen molar-refractivity contribution < 1.29 is 9.53 Å². The first-order valence-electron chi connectivity index (χ1n) is 8.32. The van der Waals surface area contributed by atoms with E-state index in [0.717, 1.165) is 5.69 Å². The van der Waals surface area contributed by atoms with Crippen LogP contribution in [0.25, 0.3) is 0 Å². The number of rotatable bonds is 6. The largest absolute Gasteiger partial charge is 0.497 e. The van der Waals surface area contributed by atoms with Crippen LogP contribution in [0.15, 0.2) is 66.9 Å². The molecule has 0 atom stereocenters. The van der Waals surface area contributed by atoms with Gasteiger partial charge in [-0.1, -0.05) is 24.3 Å². The molecule has 0 bridgehead atoms. The zero-order chi connectivity index (χ0) is 18.4. The summed E-state index contributed by atoms with van der Waals surface area (Å²) in [6, 6.07) is 18.6. The second-order valence-corrected chi connectivity index (χ2v) is 5.51. The molecule has 132 valence electrons. The van der Waals surface area contributed by atoms with Crippen LogP contribution >= 0.6 is 0 Å². The third-order valence-corrected chi connectivity index (χ3v) is 3.83. The van der Waals surface area contributed by atoms with Gasteiger partial charge in [0.2, 0.25) is 5.95 Å². The van der Waals surface area contributed by atoms with Crippen LogP contribution in [-0.4, -0.2) is 29.5 Å². The highest BCUT2D eigenvalue weighted by Gasteiger charge is 2.14. The molecule has 0 aliphatic carbocycles. The first-order valence-corrected chi connectivity index (χ1v) is 8.32. The van der Waals surface area contributed by atoms with Crippen LogP contribution < -0.4 is 15.0 Å². The molecule has 0 aliphatic heterocycles. The van der Waals surface area contributed by atoms with Crippen LogP contribution in [0.4, 0.5) is 17.3 Å². The fourth-order valence-corrected chi connectivity index (χ4v) is 2.55. The van der Waals surface area contributed by atoms with Crippen molar-refractivity contribution in [3.8, 4) is 5.75 Å². The van der Waals surface area contributed by atoms with Gasteiger partial charge in [0.15, 0.2) is 0 Å². The van der Waals surface area contributed by atoms with Crippen molar-refractivity contribution >= 4 is 23.2 Å². The molecule has 1 aromatic heterocycles. The van der Waals surface area contributed by atoms with Crippen molar-refractivity contribution in [2.75, 3.05) is 23.9 Å². The second-order valence-electron chi connectivity index (χ2n) is 5.51. The Balaban J connectivity index is 1.83. The topological polar surface area (TPSA) is 67.4 Å². The quantitative estimate of drug-likeness (QED) is 0.732. The van der Waals surface area contributed by atoms with E-state index in [0.29, 0.717) is 29.6 Å². The normalized spacial score (nSPS) is 10.2. The molecular weight excluding hydrogens is 328 g/mol. The Hall–Kier alpha value is -3.41. The van der Waals surface area contributed by atoms with Crippen molar-refractivity contribution in [3.05, 3.63) is 72.6 Å². The van der Waals surface area contributed by atoms with Gasteiger partial charge in [-0.25, -0.2) is 9.97 Å². The molecule has 3 aromatic rings. The number of hydrogen-bond donors (Lipinski definition) is 1. The number of ether oxygens (including phenoxy) is 1. The first kappa shape index (κ1) is 17.4. The summed E-state index contributed by atoms with van der Waals surface area (Å²) in [6.07, 6.45) is 1.59. The lowest BCUT2D eigenvalue weighted by molar-refractivity contribution is 0.102. The fraction of sp³-hybridized carbons (Fsp3) is 0.150. The molecule has 1 heterocycles. The van der Waals surface area contributed by atoms with Gasteiger partial charge in [0.25, 0.3) is 5.91 Å². The lowest BCUT2D eigenvalue weighted by Crippen LogP contribution is -2.21. The van der Waals surface area contributed by atoms with Crippen LogP contribution in [0.2, 0.25) is 0 Å². The van der Waals surface area contributed by atoms with Crippen molar-refractivity contribution in [3.63, 3.8) is 0 Å². The molecule has 2 aromatic carbocycles. The van der Waals surface area contributed by atoms with Gasteiger partial charge in [-0.2, -0.15) is 0 Å². The summed E-state index contributed by atoms with van der Waals surface area (Å²) < 4.78 is 5.17. The molecule has 0 fully saturated rings. The number of nitrogens with zero attached hydrogens (tertiary/aromatic N) is 3. The van der Waals surface area contributed by atoms with Gasteiger partial charge in [-0.15, -0.1) is 0 Å². The molecular formula is C20H20N4O2. The van der Waals surface area contributed by atoms with E-state index in [-0.39, 0.29) is 5.91 Å². The van der Waals surface area contributed by atoms with E-state index >= 15 is 0 Å². The maximum absolute atomic E-state index is 12.6. The number of hydrogen-bond acceptors (Lipinski definition) is 5. The Morgan fingerprint density at radius 3 is 2.65 bits per heavy atom. The minimum Gasteiger partial charge on any atom is -0.497 e. The van der Waals surface area contributed by atoms with Crippen molar-refractivity contribution in [1.29, 1.82) is 0 Å². The molecule has 0 aliphatic rings. The van der Waals surface area contributed by atoms with Gasteiger partial charge in [0.05, 0.1) is 7.11 Å². The summed E-state index contributed by atoms with van der Waals surface area (Å²) in [5, 5.41) is 2.83. The molecule has 3 rings (SSSR count). The van der Waals surface area contributed by atoms with E-state index in [4.69, 9.17) is 4.74 Å². The summed E-state index contributed by atoms with van der Waals surface area (Å²) in [5.41, 5.74) is 1.91. The van der Waals surface area contributed by atoms with E-state index in [1.807, 2.05) is 54.3 Å². The molecule has 0 radical (unpaired) electrons. The number of methoxy groups -OCH3 is 1. The Bertz CT molecular complexity index is 884. The maximum atomic E-state index is 12.6. The van der Waals surface area contributed by atoms with Gasteiger partial charge >= 0.3 is 0 Å². The standard InChI is InChI=1S/C20H20N4O2/c1-3-24(16-9-5-4-6-10-16)20-21-13-12-18(23-20)19(25)22-15-8-7-11-17(14-15)26-2/h4-14H,3H2,1-2H3,(H,22,25). The van der Waals surface area contributed by atoms with Crippen molar-refractivity contribution in [1.82, 2.24) is 9.97 Å². The number of benzene rings is 2. The van der Waals surface area contributed by atoms with E-state index in [2.05, 4.69) is 15.3 Å². The minimum atomic E-state index is -0.300. The van der Waals surface area contributed by atoms with E-state index in [1.54, 1.807) is 31.5 Å². The van der Waals surface area contributed by atoms with Gasteiger partial charge in [-0.05, 0) is 37.3 Å². The van der Waals surface area contributed by atoms with Crippen molar-refractivity contribution in [2.45, 2.75) is 6.92 Å². The molecule has 6 nitrogen and oxygen atoms in total. The van der Waals surface area contributed by atoms with E-state index in [1.165, 1.54) is 0 Å². The highest BCUT2D eigenvalue weighted by molar-refractivity contribution is 6.03. The van der Waals surface area contributed by atoms with Gasteiger partial charge in [0, 0.05) is 30.2 Å². The van der Waals surface area contributed by atoms with Crippen molar-refractivity contribution in [2.24, 2.45) is 0 Å². The zero-order valence-corrected chi connectivity index (χ0v) is 14.7. The van der Waals surface area contributed by atoms with Crippen LogP contribution in [0.3, 0.4) is 0 Å². The third-order valence-electron chi connectivity index (χ3n) is 3.83. The lowest BCUT2D eigenvalue weighted by Gasteiger charge is -2.21. The monoisotopic (exact) mass is 348 g/mol. The number of carbonyl (C=O) groups is 1. The number of aromatic nitrogens is 2. The molecule has 1 amide bonds. The molecule has 0 spiro atoms. The molecule has 26 heavy (non-hydrogen) atoms. The minimum absolute atomic E-state index is 0.298. The van der Waals surface area contributed by atoms with Crippen LogP contribution in [0, 0.1) is 0 Å². The van der Waals surface area contributed by atoms with Gasteiger partial charge < -0.3 is 15.0 Å². The predicted molar refractivity (Wildman–Crippen MR) is 102 cm³/mol. The summed E-state index contributed by atoms with van der Waals surface area (Å²) >= 11 is 0. The Morgan fingerprint density at radius 2 is 1.92 bits per heavy atom. The SMILES string of the molecule is CCN(c1ccccc1)c1nccc(C(=O)Nc2cccc(OC)c2)n1. The summed E-state index contributed by atoms with van der Waals surface area (Å²) in [5.74, 6) is 0.857. The van der Waals surface area contributed by atoms with Gasteiger partial charge in [0.1, 0.15) is 11.4 Å². The number of nitrogens with one attached hydrogen (secondary N) is 1. The highest BCUT2D eigenvalue weighted by atomic mass is 16.5. The summed E-state index contributed by atoms with van der Waals surface area (Å²) in [4.78, 5) is 23.2. The number of para-hydroxylation sites is 1. The summed E-state index contributed by atoms with van der Waals surface area (Å²) in [6.45, 7) is 2.70.